The summed E-state index contributed by atoms with van der Waals surface area (Å²) in [6, 6.07) is 1.64. The van der Waals surface area contributed by atoms with E-state index >= 15 is 0 Å². The molecule has 18 heavy (non-hydrogen) atoms. The summed E-state index contributed by atoms with van der Waals surface area (Å²) in [7, 11) is 1.80. The van der Waals surface area contributed by atoms with E-state index in [9.17, 15) is 4.39 Å². The van der Waals surface area contributed by atoms with E-state index in [0.29, 0.717) is 11.3 Å². The van der Waals surface area contributed by atoms with Crippen LogP contribution in [-0.2, 0) is 6.42 Å². The molecule has 0 aliphatic heterocycles. The largest absolute Gasteiger partial charge is 0.373 e. The fraction of sp³-hybridized carbons (Fsp3) is 0.308. The normalized spacial score (nSPS) is 10.4. The van der Waals surface area contributed by atoms with Crippen LogP contribution in [0.25, 0.3) is 11.3 Å². The van der Waals surface area contributed by atoms with Gasteiger partial charge in [-0.3, -0.25) is 4.98 Å². The van der Waals surface area contributed by atoms with Crippen molar-refractivity contribution in [1.29, 1.82) is 0 Å². The fourth-order valence-electron chi connectivity index (χ4n) is 1.91. The monoisotopic (exact) mass is 246 g/mol. The number of nitrogens with one attached hydrogen (secondary N) is 1. The first-order valence-electron chi connectivity index (χ1n) is 5.89. The zero-order valence-corrected chi connectivity index (χ0v) is 10.4. The zero-order chi connectivity index (χ0) is 13.0. The maximum absolute atomic E-state index is 13.8. The first-order chi connectivity index (χ1) is 8.77. The highest BCUT2D eigenvalue weighted by Gasteiger charge is 2.14. The van der Waals surface area contributed by atoms with Gasteiger partial charge < -0.3 is 5.32 Å². The second kappa shape index (κ2) is 5.53. The summed E-state index contributed by atoms with van der Waals surface area (Å²) >= 11 is 0. The Morgan fingerprint density at radius 3 is 2.83 bits per heavy atom. The van der Waals surface area contributed by atoms with Crippen LogP contribution in [0.2, 0.25) is 0 Å². The summed E-state index contributed by atoms with van der Waals surface area (Å²) < 4.78 is 13.8. The molecule has 0 saturated carbocycles. The molecule has 0 unspecified atom stereocenters. The summed E-state index contributed by atoms with van der Waals surface area (Å²) in [6.45, 7) is 2.07. The Hall–Kier alpha value is -2.04. The minimum Gasteiger partial charge on any atom is -0.373 e. The number of aromatic nitrogens is 3. The van der Waals surface area contributed by atoms with Gasteiger partial charge in [0.1, 0.15) is 12.1 Å². The van der Waals surface area contributed by atoms with Crippen LogP contribution in [-0.4, -0.2) is 22.0 Å². The second-order valence-electron chi connectivity index (χ2n) is 3.90. The Morgan fingerprint density at radius 2 is 2.17 bits per heavy atom. The van der Waals surface area contributed by atoms with E-state index in [1.807, 2.05) is 0 Å². The van der Waals surface area contributed by atoms with Gasteiger partial charge in [0.25, 0.3) is 0 Å². The smallest absolute Gasteiger partial charge is 0.150 e. The second-order valence-corrected chi connectivity index (χ2v) is 3.90. The lowest BCUT2D eigenvalue weighted by Gasteiger charge is -2.12. The number of hydrogen-bond acceptors (Lipinski definition) is 4. The van der Waals surface area contributed by atoms with Crippen molar-refractivity contribution in [3.63, 3.8) is 0 Å². The molecule has 0 aliphatic rings. The number of pyridine rings is 1. The van der Waals surface area contributed by atoms with Gasteiger partial charge in [0.2, 0.25) is 0 Å². The molecule has 0 bridgehead atoms. The summed E-state index contributed by atoms with van der Waals surface area (Å²) in [5.41, 5.74) is 2.04. The van der Waals surface area contributed by atoms with Gasteiger partial charge in [-0.15, -0.1) is 0 Å². The highest BCUT2D eigenvalue weighted by Crippen LogP contribution is 2.27. The van der Waals surface area contributed by atoms with E-state index in [2.05, 4.69) is 27.2 Å². The highest BCUT2D eigenvalue weighted by molar-refractivity contribution is 5.68. The minimum absolute atomic E-state index is 0.365. The molecule has 0 amide bonds. The molecule has 4 nitrogen and oxygen atoms in total. The lowest BCUT2D eigenvalue weighted by atomic mass is 10.0. The van der Waals surface area contributed by atoms with Crippen LogP contribution in [0.3, 0.4) is 0 Å². The fourth-order valence-corrected chi connectivity index (χ4v) is 1.91. The van der Waals surface area contributed by atoms with E-state index in [1.165, 1.54) is 12.5 Å². The predicted octanol–water partition coefficient (Wildman–Crippen LogP) is 2.67. The lowest BCUT2D eigenvalue weighted by Crippen LogP contribution is -2.04. The number of nitrogens with zero attached hydrogens (tertiary/aromatic N) is 3. The third-order valence-electron chi connectivity index (χ3n) is 2.71. The molecular weight excluding hydrogens is 231 g/mol. The van der Waals surface area contributed by atoms with Crippen molar-refractivity contribution in [3.05, 3.63) is 36.2 Å². The topological polar surface area (TPSA) is 50.7 Å². The van der Waals surface area contributed by atoms with Crippen LogP contribution in [0.4, 0.5) is 10.2 Å². The average molecular weight is 246 g/mol. The number of halogens is 1. The average Bonchev–Trinajstić information content (AvgIpc) is 2.40. The maximum Gasteiger partial charge on any atom is 0.150 e. The van der Waals surface area contributed by atoms with Gasteiger partial charge >= 0.3 is 0 Å². The minimum atomic E-state index is -0.365. The van der Waals surface area contributed by atoms with Crippen molar-refractivity contribution in [2.45, 2.75) is 19.8 Å². The SMILES string of the molecule is CCCc1c(NC)ncnc1-c1ccncc1F. The molecule has 0 saturated heterocycles. The highest BCUT2D eigenvalue weighted by atomic mass is 19.1. The number of rotatable bonds is 4. The van der Waals surface area contributed by atoms with Gasteiger partial charge in [-0.25, -0.2) is 14.4 Å². The van der Waals surface area contributed by atoms with Crippen molar-refractivity contribution in [2.24, 2.45) is 0 Å². The Labute approximate surface area is 105 Å². The predicted molar refractivity (Wildman–Crippen MR) is 68.8 cm³/mol. The Morgan fingerprint density at radius 1 is 1.33 bits per heavy atom. The molecule has 1 N–H and O–H groups in total. The van der Waals surface area contributed by atoms with Crippen molar-refractivity contribution in [2.75, 3.05) is 12.4 Å². The quantitative estimate of drug-likeness (QED) is 0.901. The number of anilines is 1. The molecule has 0 fully saturated rings. The van der Waals surface area contributed by atoms with Crippen LogP contribution in [0, 0.1) is 5.82 Å². The third-order valence-corrected chi connectivity index (χ3v) is 2.71. The van der Waals surface area contributed by atoms with Gasteiger partial charge in [-0.2, -0.15) is 0 Å². The van der Waals surface area contributed by atoms with E-state index in [1.54, 1.807) is 19.3 Å². The van der Waals surface area contributed by atoms with Gasteiger partial charge in [-0.1, -0.05) is 13.3 Å². The molecule has 0 aliphatic carbocycles. The van der Waals surface area contributed by atoms with Crippen molar-refractivity contribution in [1.82, 2.24) is 15.0 Å². The summed E-state index contributed by atoms with van der Waals surface area (Å²) in [5, 5.41) is 3.02. The van der Waals surface area contributed by atoms with E-state index in [-0.39, 0.29) is 5.82 Å². The summed E-state index contributed by atoms with van der Waals surface area (Å²) in [4.78, 5) is 12.1. The standard InChI is InChI=1S/C13H15FN4/c1-3-4-10-12(17-8-18-13(10)15-2)9-5-6-16-7-11(9)14/h5-8H,3-4H2,1-2H3,(H,15,17,18). The van der Waals surface area contributed by atoms with E-state index in [4.69, 9.17) is 0 Å². The van der Waals surface area contributed by atoms with E-state index < -0.39 is 0 Å². The Bertz CT molecular complexity index is 542. The maximum atomic E-state index is 13.8. The molecule has 0 atom stereocenters. The van der Waals surface area contributed by atoms with Crippen LogP contribution < -0.4 is 5.32 Å². The van der Waals surface area contributed by atoms with Crippen molar-refractivity contribution in [3.8, 4) is 11.3 Å². The van der Waals surface area contributed by atoms with Crippen LogP contribution in [0.15, 0.2) is 24.8 Å². The lowest BCUT2D eigenvalue weighted by molar-refractivity contribution is 0.624. The molecule has 0 radical (unpaired) electrons. The van der Waals surface area contributed by atoms with Gasteiger partial charge in [0.15, 0.2) is 5.82 Å². The molecule has 0 aromatic carbocycles. The summed E-state index contributed by atoms with van der Waals surface area (Å²) in [5.74, 6) is 0.383. The van der Waals surface area contributed by atoms with Crippen LogP contribution in [0.5, 0.6) is 0 Å². The molecule has 5 heteroatoms. The first kappa shape index (κ1) is 12.4. The Kier molecular flexibility index (Phi) is 3.82. The molecule has 2 rings (SSSR count). The Balaban J connectivity index is 2.60. The van der Waals surface area contributed by atoms with Crippen LogP contribution in [0.1, 0.15) is 18.9 Å². The number of hydrogen-bond donors (Lipinski definition) is 1. The van der Waals surface area contributed by atoms with E-state index in [0.717, 1.165) is 24.2 Å². The molecule has 2 aromatic heterocycles. The van der Waals surface area contributed by atoms with Crippen molar-refractivity contribution < 1.29 is 4.39 Å². The molecule has 94 valence electrons. The van der Waals surface area contributed by atoms with Crippen molar-refractivity contribution >= 4 is 5.82 Å². The van der Waals surface area contributed by atoms with Gasteiger partial charge in [0, 0.05) is 24.4 Å². The third kappa shape index (κ3) is 2.30. The summed E-state index contributed by atoms with van der Waals surface area (Å²) in [6.07, 6.45) is 5.96. The molecule has 2 aromatic rings. The van der Waals surface area contributed by atoms with Gasteiger partial charge in [-0.05, 0) is 12.5 Å². The van der Waals surface area contributed by atoms with Gasteiger partial charge in [0.05, 0.1) is 11.9 Å². The molecule has 0 spiro atoms. The zero-order valence-electron chi connectivity index (χ0n) is 10.4. The molecule has 2 heterocycles. The first-order valence-corrected chi connectivity index (χ1v) is 5.89. The molecular formula is C13H15FN4. The van der Waals surface area contributed by atoms with Crippen LogP contribution >= 0.6 is 0 Å².